The van der Waals surface area contributed by atoms with Gasteiger partial charge >= 0.3 is 0 Å². The van der Waals surface area contributed by atoms with Gasteiger partial charge in [0.05, 0.1) is 10.0 Å². The summed E-state index contributed by atoms with van der Waals surface area (Å²) in [7, 11) is 0. The Morgan fingerprint density at radius 3 is 2.82 bits per heavy atom. The lowest BCUT2D eigenvalue weighted by molar-refractivity contribution is -0.119. The van der Waals surface area contributed by atoms with Gasteiger partial charge in [-0.05, 0) is 31.4 Å². The zero-order chi connectivity index (χ0) is 15.7. The third-order valence-electron chi connectivity index (χ3n) is 3.77. The Kier molecular flexibility index (Phi) is 4.68. The SMILES string of the molecule is N[C@H]1CC[C@@H](C(=O)Nc2csc(-c3ccc(Cl)c(Cl)c3)n2)C1. The van der Waals surface area contributed by atoms with Gasteiger partial charge in [-0.1, -0.05) is 29.3 Å². The second-order valence-electron chi connectivity index (χ2n) is 5.43. The average molecular weight is 356 g/mol. The Hall–Kier alpha value is -1.14. The zero-order valence-electron chi connectivity index (χ0n) is 11.7. The molecule has 1 aliphatic carbocycles. The maximum Gasteiger partial charge on any atom is 0.228 e. The highest BCUT2D eigenvalue weighted by Gasteiger charge is 2.28. The quantitative estimate of drug-likeness (QED) is 0.867. The maximum atomic E-state index is 12.2. The summed E-state index contributed by atoms with van der Waals surface area (Å²) in [4.78, 5) is 16.6. The van der Waals surface area contributed by atoms with E-state index in [1.807, 2.05) is 11.4 Å². The number of hydrogen-bond donors (Lipinski definition) is 2. The van der Waals surface area contributed by atoms with Crippen LogP contribution in [0.4, 0.5) is 5.82 Å². The van der Waals surface area contributed by atoms with Crippen molar-refractivity contribution in [2.75, 3.05) is 5.32 Å². The Labute approximate surface area is 142 Å². The summed E-state index contributed by atoms with van der Waals surface area (Å²) >= 11 is 13.4. The normalized spacial score (nSPS) is 21.0. The van der Waals surface area contributed by atoms with Crippen LogP contribution >= 0.6 is 34.5 Å². The number of aromatic nitrogens is 1. The first-order valence-corrected chi connectivity index (χ1v) is 8.64. The Morgan fingerprint density at radius 1 is 1.32 bits per heavy atom. The lowest BCUT2D eigenvalue weighted by atomic mass is 10.1. The number of anilines is 1. The predicted octanol–water partition coefficient (Wildman–Crippen LogP) is 4.18. The number of amides is 1. The number of rotatable bonds is 3. The first-order chi connectivity index (χ1) is 10.5. The molecule has 1 saturated carbocycles. The number of hydrogen-bond acceptors (Lipinski definition) is 4. The lowest BCUT2D eigenvalue weighted by Crippen LogP contribution is -2.23. The van der Waals surface area contributed by atoms with Crippen molar-refractivity contribution in [2.24, 2.45) is 11.7 Å². The molecular formula is C15H15Cl2N3OS. The number of carbonyl (C=O) groups is 1. The summed E-state index contributed by atoms with van der Waals surface area (Å²) in [5.41, 5.74) is 6.72. The first-order valence-electron chi connectivity index (χ1n) is 7.00. The highest BCUT2D eigenvalue weighted by atomic mass is 35.5. The van der Waals surface area contributed by atoms with Crippen molar-refractivity contribution in [3.63, 3.8) is 0 Å². The fraction of sp³-hybridized carbons (Fsp3) is 0.333. The minimum Gasteiger partial charge on any atom is -0.328 e. The van der Waals surface area contributed by atoms with Gasteiger partial charge in [0.15, 0.2) is 0 Å². The topological polar surface area (TPSA) is 68.0 Å². The van der Waals surface area contributed by atoms with Crippen LogP contribution in [0.2, 0.25) is 10.0 Å². The molecular weight excluding hydrogens is 341 g/mol. The van der Waals surface area contributed by atoms with Crippen LogP contribution in [0.5, 0.6) is 0 Å². The molecule has 3 rings (SSSR count). The number of halogens is 2. The van der Waals surface area contributed by atoms with Gasteiger partial charge in [-0.25, -0.2) is 4.98 Å². The van der Waals surface area contributed by atoms with Crippen LogP contribution in [-0.2, 0) is 4.79 Å². The van der Waals surface area contributed by atoms with E-state index in [1.165, 1.54) is 11.3 Å². The van der Waals surface area contributed by atoms with E-state index in [1.54, 1.807) is 12.1 Å². The second kappa shape index (κ2) is 6.54. The van der Waals surface area contributed by atoms with Crippen LogP contribution in [0.15, 0.2) is 23.6 Å². The smallest absolute Gasteiger partial charge is 0.228 e. The van der Waals surface area contributed by atoms with Crippen molar-refractivity contribution in [3.8, 4) is 10.6 Å². The fourth-order valence-corrected chi connectivity index (χ4v) is 3.62. The van der Waals surface area contributed by atoms with E-state index in [4.69, 9.17) is 28.9 Å². The highest BCUT2D eigenvalue weighted by molar-refractivity contribution is 7.13. The van der Waals surface area contributed by atoms with Crippen molar-refractivity contribution >= 4 is 46.3 Å². The van der Waals surface area contributed by atoms with E-state index in [9.17, 15) is 4.79 Å². The molecule has 116 valence electrons. The molecule has 0 saturated heterocycles. The number of nitrogens with one attached hydrogen (secondary N) is 1. The molecule has 1 heterocycles. The Morgan fingerprint density at radius 2 is 2.14 bits per heavy atom. The van der Waals surface area contributed by atoms with Gasteiger partial charge in [0.2, 0.25) is 5.91 Å². The second-order valence-corrected chi connectivity index (χ2v) is 7.10. The minimum absolute atomic E-state index is 0.000983. The molecule has 0 radical (unpaired) electrons. The molecule has 3 N–H and O–H groups in total. The molecule has 1 fully saturated rings. The molecule has 0 aliphatic heterocycles. The van der Waals surface area contributed by atoms with Crippen molar-refractivity contribution in [2.45, 2.75) is 25.3 Å². The Bertz CT molecular complexity index is 704. The van der Waals surface area contributed by atoms with Crippen molar-refractivity contribution < 1.29 is 4.79 Å². The van der Waals surface area contributed by atoms with Gasteiger partial charge in [0.1, 0.15) is 10.8 Å². The fourth-order valence-electron chi connectivity index (χ4n) is 2.58. The molecule has 0 bridgehead atoms. The van der Waals surface area contributed by atoms with Crippen LogP contribution in [0, 0.1) is 5.92 Å². The molecule has 2 aromatic rings. The number of carbonyl (C=O) groups excluding carboxylic acids is 1. The number of benzene rings is 1. The van der Waals surface area contributed by atoms with Crippen LogP contribution in [0.3, 0.4) is 0 Å². The van der Waals surface area contributed by atoms with E-state index in [2.05, 4.69) is 10.3 Å². The standard InChI is InChI=1S/C15H15Cl2N3OS/c16-11-4-2-9(6-12(11)17)15-20-13(7-22-15)19-14(21)8-1-3-10(18)5-8/h2,4,6-8,10H,1,3,5,18H2,(H,19,21)/t8-,10+/m1/s1. The van der Waals surface area contributed by atoms with Gasteiger partial charge in [-0.15, -0.1) is 11.3 Å². The summed E-state index contributed by atoms with van der Waals surface area (Å²) in [6, 6.07) is 5.50. The minimum atomic E-state index is -0.00914. The maximum absolute atomic E-state index is 12.2. The van der Waals surface area contributed by atoms with Crippen LogP contribution in [0.1, 0.15) is 19.3 Å². The molecule has 0 spiro atoms. The summed E-state index contributed by atoms with van der Waals surface area (Å²) in [6.07, 6.45) is 2.50. The third-order valence-corrected chi connectivity index (χ3v) is 5.40. The molecule has 7 heteroatoms. The predicted molar refractivity (Wildman–Crippen MR) is 91.5 cm³/mol. The van der Waals surface area contributed by atoms with Gasteiger partial charge in [0.25, 0.3) is 0 Å². The molecule has 4 nitrogen and oxygen atoms in total. The van der Waals surface area contributed by atoms with Crippen LogP contribution < -0.4 is 11.1 Å². The molecule has 22 heavy (non-hydrogen) atoms. The summed E-state index contributed by atoms with van der Waals surface area (Å²) in [5.74, 6) is 0.556. The molecule has 2 atom stereocenters. The summed E-state index contributed by atoms with van der Waals surface area (Å²) < 4.78 is 0. The molecule has 0 unspecified atom stereocenters. The number of nitrogens with zero attached hydrogens (tertiary/aromatic N) is 1. The molecule has 1 aromatic heterocycles. The zero-order valence-corrected chi connectivity index (χ0v) is 14.0. The van der Waals surface area contributed by atoms with E-state index in [0.29, 0.717) is 15.9 Å². The first kappa shape index (κ1) is 15.7. The lowest BCUT2D eigenvalue weighted by Gasteiger charge is -2.08. The molecule has 1 amide bonds. The molecule has 1 aromatic carbocycles. The van der Waals surface area contributed by atoms with E-state index >= 15 is 0 Å². The largest absolute Gasteiger partial charge is 0.328 e. The monoisotopic (exact) mass is 355 g/mol. The van der Waals surface area contributed by atoms with Crippen molar-refractivity contribution in [3.05, 3.63) is 33.6 Å². The van der Waals surface area contributed by atoms with Gasteiger partial charge in [-0.3, -0.25) is 4.79 Å². The van der Waals surface area contributed by atoms with Gasteiger partial charge < -0.3 is 11.1 Å². The third kappa shape index (κ3) is 3.43. The van der Waals surface area contributed by atoms with E-state index < -0.39 is 0 Å². The van der Waals surface area contributed by atoms with Crippen LogP contribution in [-0.4, -0.2) is 16.9 Å². The van der Waals surface area contributed by atoms with E-state index in [0.717, 1.165) is 29.8 Å². The van der Waals surface area contributed by atoms with Gasteiger partial charge in [0, 0.05) is 22.9 Å². The summed E-state index contributed by atoms with van der Waals surface area (Å²) in [5, 5.41) is 6.47. The average Bonchev–Trinajstić information content (AvgIpc) is 3.11. The van der Waals surface area contributed by atoms with E-state index in [-0.39, 0.29) is 17.9 Å². The summed E-state index contributed by atoms with van der Waals surface area (Å²) in [6.45, 7) is 0. The number of thiazole rings is 1. The van der Waals surface area contributed by atoms with Gasteiger partial charge in [-0.2, -0.15) is 0 Å². The number of nitrogens with two attached hydrogens (primary N) is 1. The Balaban J connectivity index is 1.71. The highest BCUT2D eigenvalue weighted by Crippen LogP contribution is 2.32. The van der Waals surface area contributed by atoms with Crippen molar-refractivity contribution in [1.82, 2.24) is 4.98 Å². The molecule has 1 aliphatic rings. The van der Waals surface area contributed by atoms with Crippen LogP contribution in [0.25, 0.3) is 10.6 Å². The van der Waals surface area contributed by atoms with Crippen molar-refractivity contribution in [1.29, 1.82) is 0 Å².